The van der Waals surface area contributed by atoms with Crippen LogP contribution < -0.4 is 5.32 Å². The van der Waals surface area contributed by atoms with Crippen LogP contribution in [0.25, 0.3) is 0 Å². The van der Waals surface area contributed by atoms with E-state index in [9.17, 15) is 4.79 Å². The van der Waals surface area contributed by atoms with Crippen molar-refractivity contribution in [3.8, 4) is 0 Å². The summed E-state index contributed by atoms with van der Waals surface area (Å²) < 4.78 is 6.33. The lowest BCUT2D eigenvalue weighted by atomic mass is 10.1. The van der Waals surface area contributed by atoms with E-state index >= 15 is 0 Å². The maximum absolute atomic E-state index is 12.2. The fourth-order valence-electron chi connectivity index (χ4n) is 2.18. The van der Waals surface area contributed by atoms with Crippen molar-refractivity contribution < 1.29 is 9.21 Å². The molecule has 0 bridgehead atoms. The smallest absolute Gasteiger partial charge is 0.239 e. The van der Waals surface area contributed by atoms with E-state index in [-0.39, 0.29) is 11.9 Å². The van der Waals surface area contributed by atoms with E-state index in [1.165, 1.54) is 6.42 Å². The zero-order chi connectivity index (χ0) is 13.0. The summed E-state index contributed by atoms with van der Waals surface area (Å²) >= 11 is 2.14. The van der Waals surface area contributed by atoms with Gasteiger partial charge in [-0.2, -0.15) is 0 Å². The van der Waals surface area contributed by atoms with Crippen LogP contribution in [-0.2, 0) is 11.3 Å². The Morgan fingerprint density at radius 1 is 1.44 bits per heavy atom. The minimum Gasteiger partial charge on any atom is -0.454 e. The van der Waals surface area contributed by atoms with E-state index in [1.54, 1.807) is 0 Å². The molecule has 1 atom stereocenters. The molecule has 5 heteroatoms. The molecule has 1 saturated heterocycles. The van der Waals surface area contributed by atoms with E-state index in [4.69, 9.17) is 4.42 Å². The van der Waals surface area contributed by atoms with E-state index in [1.807, 2.05) is 24.0 Å². The summed E-state index contributed by atoms with van der Waals surface area (Å²) in [5.41, 5.74) is 0. The van der Waals surface area contributed by atoms with Gasteiger partial charge in [-0.25, -0.2) is 0 Å². The van der Waals surface area contributed by atoms with Gasteiger partial charge in [0, 0.05) is 13.1 Å². The number of carbonyl (C=O) groups is 1. The highest BCUT2D eigenvalue weighted by Gasteiger charge is 2.21. The number of hydrogen-bond donors (Lipinski definition) is 1. The van der Waals surface area contributed by atoms with Crippen molar-refractivity contribution >= 4 is 28.5 Å². The first kappa shape index (κ1) is 13.9. The van der Waals surface area contributed by atoms with E-state index in [0.29, 0.717) is 6.54 Å². The van der Waals surface area contributed by atoms with Gasteiger partial charge in [0.15, 0.2) is 3.77 Å². The third-order valence-electron chi connectivity index (χ3n) is 3.25. The second kappa shape index (κ2) is 6.56. The SMILES string of the molecule is CC(NCc1ccc(I)o1)C(=O)N1CCCCC1. The van der Waals surface area contributed by atoms with Crippen LogP contribution in [0.4, 0.5) is 0 Å². The molecule has 1 aromatic heterocycles. The van der Waals surface area contributed by atoms with Crippen LogP contribution in [0.1, 0.15) is 31.9 Å². The molecule has 0 radical (unpaired) electrons. The highest BCUT2D eigenvalue weighted by Crippen LogP contribution is 2.12. The Kier molecular flexibility index (Phi) is 5.05. The lowest BCUT2D eigenvalue weighted by Crippen LogP contribution is -2.46. The van der Waals surface area contributed by atoms with Gasteiger partial charge < -0.3 is 9.32 Å². The summed E-state index contributed by atoms with van der Waals surface area (Å²) in [6.07, 6.45) is 3.51. The van der Waals surface area contributed by atoms with Crippen molar-refractivity contribution in [3.63, 3.8) is 0 Å². The quantitative estimate of drug-likeness (QED) is 0.837. The summed E-state index contributed by atoms with van der Waals surface area (Å²) in [5.74, 6) is 1.08. The molecule has 0 aliphatic carbocycles. The number of nitrogens with zero attached hydrogens (tertiary/aromatic N) is 1. The highest BCUT2D eigenvalue weighted by atomic mass is 127. The molecular formula is C13H19IN2O2. The molecule has 1 aliphatic rings. The van der Waals surface area contributed by atoms with Crippen LogP contribution in [0, 0.1) is 3.77 Å². The first-order valence-corrected chi connectivity index (χ1v) is 7.51. The maximum atomic E-state index is 12.2. The van der Waals surface area contributed by atoms with Crippen molar-refractivity contribution in [2.24, 2.45) is 0 Å². The van der Waals surface area contributed by atoms with Crippen LogP contribution in [0.5, 0.6) is 0 Å². The number of furan rings is 1. The molecule has 1 aliphatic heterocycles. The number of carbonyl (C=O) groups excluding carboxylic acids is 1. The normalized spacial score (nSPS) is 17.8. The van der Waals surface area contributed by atoms with Crippen molar-refractivity contribution in [1.82, 2.24) is 10.2 Å². The van der Waals surface area contributed by atoms with Crippen molar-refractivity contribution in [2.75, 3.05) is 13.1 Å². The molecule has 18 heavy (non-hydrogen) atoms. The second-order valence-electron chi connectivity index (χ2n) is 4.69. The molecular weight excluding hydrogens is 343 g/mol. The molecule has 1 unspecified atom stereocenters. The van der Waals surface area contributed by atoms with Crippen molar-refractivity contribution in [3.05, 3.63) is 21.7 Å². The Labute approximate surface area is 121 Å². The molecule has 4 nitrogen and oxygen atoms in total. The largest absolute Gasteiger partial charge is 0.454 e. The van der Waals surface area contributed by atoms with Crippen molar-refractivity contribution in [2.45, 2.75) is 38.8 Å². The number of amides is 1. The number of hydrogen-bond acceptors (Lipinski definition) is 3. The number of piperidine rings is 1. The molecule has 0 spiro atoms. The third kappa shape index (κ3) is 3.71. The van der Waals surface area contributed by atoms with Crippen LogP contribution in [0.15, 0.2) is 16.5 Å². The topological polar surface area (TPSA) is 45.5 Å². The molecule has 0 aromatic carbocycles. The average molecular weight is 362 g/mol. The van der Waals surface area contributed by atoms with E-state index in [2.05, 4.69) is 27.9 Å². The lowest BCUT2D eigenvalue weighted by Gasteiger charge is -2.29. The molecule has 1 fully saturated rings. The van der Waals surface area contributed by atoms with Gasteiger partial charge in [-0.1, -0.05) is 0 Å². The molecule has 2 heterocycles. The number of rotatable bonds is 4. The Balaban J connectivity index is 1.79. The molecule has 1 amide bonds. The molecule has 1 aromatic rings. The minimum absolute atomic E-state index is 0.147. The summed E-state index contributed by atoms with van der Waals surface area (Å²) in [5, 5.41) is 3.22. The predicted molar refractivity (Wildman–Crippen MR) is 78.2 cm³/mol. The Hall–Kier alpha value is -0.560. The summed E-state index contributed by atoms with van der Waals surface area (Å²) in [4.78, 5) is 14.1. The molecule has 100 valence electrons. The summed E-state index contributed by atoms with van der Waals surface area (Å²) in [6, 6.07) is 3.72. The van der Waals surface area contributed by atoms with E-state index < -0.39 is 0 Å². The predicted octanol–water partition coefficient (Wildman–Crippen LogP) is 2.37. The van der Waals surface area contributed by atoms with Gasteiger partial charge in [-0.15, -0.1) is 0 Å². The molecule has 1 N–H and O–H groups in total. The zero-order valence-corrected chi connectivity index (χ0v) is 12.8. The minimum atomic E-state index is -0.147. The third-order valence-corrected chi connectivity index (χ3v) is 3.83. The Bertz CT molecular complexity index is 399. The van der Waals surface area contributed by atoms with Gasteiger partial charge in [0.25, 0.3) is 0 Å². The van der Waals surface area contributed by atoms with Crippen molar-refractivity contribution in [1.29, 1.82) is 0 Å². The summed E-state index contributed by atoms with van der Waals surface area (Å²) in [6.45, 7) is 4.33. The zero-order valence-electron chi connectivity index (χ0n) is 10.6. The van der Waals surface area contributed by atoms with Crippen LogP contribution in [0.3, 0.4) is 0 Å². The van der Waals surface area contributed by atoms with Gasteiger partial charge in [-0.05, 0) is 60.9 Å². The van der Waals surface area contributed by atoms with Crippen LogP contribution in [-0.4, -0.2) is 29.9 Å². The standard InChI is InChI=1S/C13H19IN2O2/c1-10(13(17)16-7-3-2-4-8-16)15-9-11-5-6-12(14)18-11/h5-6,10,15H,2-4,7-9H2,1H3. The van der Waals surface area contributed by atoms with Gasteiger partial charge in [0.2, 0.25) is 5.91 Å². The first-order valence-electron chi connectivity index (χ1n) is 6.43. The molecule has 0 saturated carbocycles. The average Bonchev–Trinajstić information content (AvgIpc) is 2.82. The number of nitrogens with one attached hydrogen (secondary N) is 1. The number of halogens is 1. The number of likely N-dealkylation sites (tertiary alicyclic amines) is 1. The van der Waals surface area contributed by atoms with Gasteiger partial charge in [0.05, 0.1) is 12.6 Å². The fourth-order valence-corrected chi connectivity index (χ4v) is 2.64. The van der Waals surface area contributed by atoms with Gasteiger partial charge >= 0.3 is 0 Å². The first-order chi connectivity index (χ1) is 8.66. The maximum Gasteiger partial charge on any atom is 0.239 e. The van der Waals surface area contributed by atoms with E-state index in [0.717, 1.165) is 35.5 Å². The van der Waals surface area contributed by atoms with Gasteiger partial charge in [0.1, 0.15) is 5.76 Å². The monoisotopic (exact) mass is 362 g/mol. The fraction of sp³-hybridized carbons (Fsp3) is 0.615. The van der Waals surface area contributed by atoms with Crippen LogP contribution in [0.2, 0.25) is 0 Å². The Morgan fingerprint density at radius 2 is 2.17 bits per heavy atom. The van der Waals surface area contributed by atoms with Crippen LogP contribution >= 0.6 is 22.6 Å². The lowest BCUT2D eigenvalue weighted by molar-refractivity contribution is -0.134. The molecule has 2 rings (SSSR count). The highest BCUT2D eigenvalue weighted by molar-refractivity contribution is 14.1. The summed E-state index contributed by atoms with van der Waals surface area (Å²) in [7, 11) is 0. The Morgan fingerprint density at radius 3 is 2.78 bits per heavy atom. The van der Waals surface area contributed by atoms with Gasteiger partial charge in [-0.3, -0.25) is 10.1 Å². The second-order valence-corrected chi connectivity index (χ2v) is 5.76.